The number of rotatable bonds is 8. The lowest BCUT2D eigenvalue weighted by Crippen LogP contribution is -2.59. The predicted octanol–water partition coefficient (Wildman–Crippen LogP) is 1.65. The number of ether oxygens (including phenoxy) is 5. The highest BCUT2D eigenvalue weighted by Gasteiger charge is 2.72. The highest BCUT2D eigenvalue weighted by Crippen LogP contribution is 2.59. The van der Waals surface area contributed by atoms with Gasteiger partial charge in [0.05, 0.1) is 37.8 Å². The second kappa shape index (κ2) is 8.93. The van der Waals surface area contributed by atoms with Gasteiger partial charge in [-0.3, -0.25) is 4.79 Å². The summed E-state index contributed by atoms with van der Waals surface area (Å²) in [5.41, 5.74) is 0.670. The standard InChI is InChI=1S/C23H36N2O7/c1-14(2)6-7-17-22(3,32-17)20-19(28-5)16(8-9-23(20)13-30-23)31-21(27)25-10-15(11-25)29-12-18(26)24-4/h6,15-17,19-20H,7-13H2,1-5H3,(H,24,26)/t16-,17-,19-,20-,22+,23+/m1/s1. The lowest BCUT2D eigenvalue weighted by Gasteiger charge is -2.44. The Morgan fingerprint density at radius 2 is 2.00 bits per heavy atom. The van der Waals surface area contributed by atoms with E-state index in [-0.39, 0.29) is 60.1 Å². The van der Waals surface area contributed by atoms with Gasteiger partial charge < -0.3 is 33.9 Å². The van der Waals surface area contributed by atoms with E-state index in [4.69, 9.17) is 23.7 Å². The summed E-state index contributed by atoms with van der Waals surface area (Å²) < 4.78 is 29.5. The molecule has 32 heavy (non-hydrogen) atoms. The Kier molecular flexibility index (Phi) is 6.55. The van der Waals surface area contributed by atoms with Crippen molar-refractivity contribution in [2.45, 2.75) is 75.7 Å². The van der Waals surface area contributed by atoms with Crippen molar-refractivity contribution in [3.8, 4) is 0 Å². The smallest absolute Gasteiger partial charge is 0.410 e. The quantitative estimate of drug-likeness (QED) is 0.441. The zero-order chi connectivity index (χ0) is 23.1. The molecular formula is C23H36N2O7. The molecule has 0 aromatic heterocycles. The van der Waals surface area contributed by atoms with Crippen molar-refractivity contribution < 1.29 is 33.3 Å². The predicted molar refractivity (Wildman–Crippen MR) is 115 cm³/mol. The number of nitrogens with one attached hydrogen (secondary N) is 1. The zero-order valence-electron chi connectivity index (χ0n) is 19.7. The molecule has 0 aromatic carbocycles. The van der Waals surface area contributed by atoms with Gasteiger partial charge in [0.2, 0.25) is 5.91 Å². The van der Waals surface area contributed by atoms with Gasteiger partial charge in [-0.15, -0.1) is 0 Å². The summed E-state index contributed by atoms with van der Waals surface area (Å²) in [7, 11) is 3.23. The molecular weight excluding hydrogens is 416 g/mol. The van der Waals surface area contributed by atoms with Crippen molar-refractivity contribution in [1.82, 2.24) is 10.2 Å². The van der Waals surface area contributed by atoms with E-state index in [1.54, 1.807) is 19.1 Å². The van der Waals surface area contributed by atoms with Crippen LogP contribution >= 0.6 is 0 Å². The van der Waals surface area contributed by atoms with Crippen LogP contribution in [0.15, 0.2) is 11.6 Å². The van der Waals surface area contributed by atoms with Crippen molar-refractivity contribution in [3.05, 3.63) is 11.6 Å². The number of epoxide rings is 2. The molecule has 4 fully saturated rings. The fourth-order valence-electron chi connectivity index (χ4n) is 5.23. The first-order chi connectivity index (χ1) is 15.2. The molecule has 3 aliphatic heterocycles. The lowest BCUT2D eigenvalue weighted by molar-refractivity contribution is -0.136. The van der Waals surface area contributed by atoms with E-state index in [9.17, 15) is 9.59 Å². The zero-order valence-corrected chi connectivity index (χ0v) is 19.7. The molecule has 9 nitrogen and oxygen atoms in total. The summed E-state index contributed by atoms with van der Waals surface area (Å²) in [5.74, 6) is -0.181. The summed E-state index contributed by atoms with van der Waals surface area (Å²) in [5, 5.41) is 2.51. The SMILES string of the molecule is CNC(=O)COC1CN(C(=O)O[C@@H]2CC[C@]3(CO3)[C@@H]([C@@]3(C)O[C@@H]3CC=C(C)C)[C@@H]2OC)C1. The topological polar surface area (TPSA) is 102 Å². The molecule has 1 aliphatic carbocycles. The summed E-state index contributed by atoms with van der Waals surface area (Å²) in [6.45, 7) is 7.83. The number of hydrogen-bond acceptors (Lipinski definition) is 7. The molecule has 3 saturated heterocycles. The van der Waals surface area contributed by atoms with Crippen molar-refractivity contribution >= 4 is 12.0 Å². The first-order valence-corrected chi connectivity index (χ1v) is 11.5. The van der Waals surface area contributed by atoms with Gasteiger partial charge in [0.15, 0.2) is 0 Å². The molecule has 9 heteroatoms. The van der Waals surface area contributed by atoms with Gasteiger partial charge in [0.1, 0.15) is 30.0 Å². The molecule has 1 spiro atoms. The van der Waals surface area contributed by atoms with Gasteiger partial charge >= 0.3 is 6.09 Å². The lowest BCUT2D eigenvalue weighted by atomic mass is 9.68. The first-order valence-electron chi connectivity index (χ1n) is 11.5. The highest BCUT2D eigenvalue weighted by atomic mass is 16.6. The summed E-state index contributed by atoms with van der Waals surface area (Å²) in [6.07, 6.45) is 3.52. The monoisotopic (exact) mass is 452 g/mol. The second-order valence-electron chi connectivity index (χ2n) is 9.81. The van der Waals surface area contributed by atoms with Gasteiger partial charge in [-0.2, -0.15) is 0 Å². The molecule has 1 saturated carbocycles. The number of hydrogen-bond donors (Lipinski definition) is 1. The number of likely N-dealkylation sites (tertiary alicyclic amines) is 1. The van der Waals surface area contributed by atoms with Gasteiger partial charge in [0, 0.05) is 14.2 Å². The van der Waals surface area contributed by atoms with E-state index >= 15 is 0 Å². The number of methoxy groups -OCH3 is 1. The second-order valence-corrected chi connectivity index (χ2v) is 9.81. The van der Waals surface area contributed by atoms with Crippen LogP contribution in [0.3, 0.4) is 0 Å². The van der Waals surface area contributed by atoms with Gasteiger partial charge in [-0.05, 0) is 40.0 Å². The fourth-order valence-corrected chi connectivity index (χ4v) is 5.23. The van der Waals surface area contributed by atoms with Crippen molar-refractivity contribution in [2.24, 2.45) is 5.92 Å². The summed E-state index contributed by atoms with van der Waals surface area (Å²) >= 11 is 0. The number of amides is 2. The maximum absolute atomic E-state index is 12.7. The number of likely N-dealkylation sites (N-methyl/N-ethyl adjacent to an activating group) is 1. The number of nitrogens with zero attached hydrogens (tertiary/aromatic N) is 1. The van der Waals surface area contributed by atoms with Crippen LogP contribution < -0.4 is 5.32 Å². The molecule has 4 rings (SSSR count). The first kappa shape index (κ1) is 23.5. The van der Waals surface area contributed by atoms with E-state index in [1.165, 1.54) is 5.57 Å². The largest absolute Gasteiger partial charge is 0.443 e. The van der Waals surface area contributed by atoms with Gasteiger partial charge in [-0.25, -0.2) is 4.79 Å². The molecule has 4 aliphatic rings. The van der Waals surface area contributed by atoms with E-state index < -0.39 is 0 Å². The van der Waals surface area contributed by atoms with Crippen LogP contribution in [0.5, 0.6) is 0 Å². The maximum Gasteiger partial charge on any atom is 0.410 e. The average molecular weight is 453 g/mol. The maximum atomic E-state index is 12.7. The van der Waals surface area contributed by atoms with Crippen LogP contribution in [0.25, 0.3) is 0 Å². The summed E-state index contributed by atoms with van der Waals surface area (Å²) in [6, 6.07) is 0. The Balaban J connectivity index is 1.35. The van der Waals surface area contributed by atoms with Crippen LogP contribution in [-0.2, 0) is 28.5 Å². The van der Waals surface area contributed by atoms with Gasteiger partial charge in [-0.1, -0.05) is 11.6 Å². The molecule has 0 radical (unpaired) electrons. The minimum absolute atomic E-state index is 0.00198. The van der Waals surface area contributed by atoms with Crippen LogP contribution in [-0.4, -0.2) is 93.0 Å². The van der Waals surface area contributed by atoms with E-state index in [0.29, 0.717) is 26.1 Å². The molecule has 1 N–H and O–H groups in total. The number of carbonyl (C=O) groups excluding carboxylic acids is 2. The van der Waals surface area contributed by atoms with E-state index in [0.717, 1.165) is 12.8 Å². The minimum atomic E-state index is -0.369. The Bertz CT molecular complexity index is 757. The summed E-state index contributed by atoms with van der Waals surface area (Å²) in [4.78, 5) is 25.6. The molecule has 180 valence electrons. The third kappa shape index (κ3) is 4.53. The molecule has 0 bridgehead atoms. The van der Waals surface area contributed by atoms with Crippen LogP contribution in [0.2, 0.25) is 0 Å². The van der Waals surface area contributed by atoms with E-state index in [2.05, 4.69) is 32.2 Å². The number of allylic oxidation sites excluding steroid dienone is 1. The van der Waals surface area contributed by atoms with Gasteiger partial charge in [0.25, 0.3) is 0 Å². The third-order valence-electron chi connectivity index (χ3n) is 7.32. The molecule has 6 atom stereocenters. The highest BCUT2D eigenvalue weighted by molar-refractivity contribution is 5.76. The van der Waals surface area contributed by atoms with Crippen molar-refractivity contribution in [2.75, 3.05) is 40.5 Å². The van der Waals surface area contributed by atoms with Crippen LogP contribution in [0, 0.1) is 5.92 Å². The Hall–Kier alpha value is -1.68. The Labute approximate surface area is 189 Å². The minimum Gasteiger partial charge on any atom is -0.443 e. The fraction of sp³-hybridized carbons (Fsp3) is 0.826. The number of carbonyl (C=O) groups is 2. The van der Waals surface area contributed by atoms with Crippen LogP contribution in [0.1, 0.15) is 40.0 Å². The van der Waals surface area contributed by atoms with E-state index in [1.807, 2.05) is 0 Å². The Morgan fingerprint density at radius 1 is 1.28 bits per heavy atom. The van der Waals surface area contributed by atoms with Crippen molar-refractivity contribution in [1.29, 1.82) is 0 Å². The van der Waals surface area contributed by atoms with Crippen LogP contribution in [0.4, 0.5) is 4.79 Å². The molecule has 0 aromatic rings. The normalized spacial score (nSPS) is 38.1. The molecule has 3 heterocycles. The van der Waals surface area contributed by atoms with Crippen molar-refractivity contribution in [3.63, 3.8) is 0 Å². The molecule has 2 amide bonds. The third-order valence-corrected chi connectivity index (χ3v) is 7.32. The molecule has 0 unspecified atom stereocenters. The average Bonchev–Trinajstić information content (AvgIpc) is 3.63. The Morgan fingerprint density at radius 3 is 2.59 bits per heavy atom.